The van der Waals surface area contributed by atoms with Crippen LogP contribution in [0.1, 0.15) is 0 Å². The first-order valence-electron chi connectivity index (χ1n) is 7.10. The Morgan fingerprint density at radius 2 is 1.88 bits per heavy atom. The molecule has 0 radical (unpaired) electrons. The van der Waals surface area contributed by atoms with Crippen LogP contribution in [-0.2, 0) is 14.8 Å². The number of hydrogen-bond acceptors (Lipinski definition) is 7. The van der Waals surface area contributed by atoms with Crippen molar-refractivity contribution < 1.29 is 28.3 Å². The van der Waals surface area contributed by atoms with E-state index in [1.54, 1.807) is 0 Å². The molecule has 2 aromatic rings. The number of ether oxygens (including phenoxy) is 1. The van der Waals surface area contributed by atoms with E-state index < -0.39 is 28.6 Å². The standard InChI is InChI=1S/C15H14N2O6S2/c18-8-10(15(19)16-20)17-25(21,22)9-5-6-12-14(7-9)24-13-4-2-1-3-11(13)23-12/h1-7,10,17-18,20H,8H2,(H,16,19)/t10-/m0/s1. The van der Waals surface area contributed by atoms with E-state index in [0.717, 1.165) is 4.90 Å². The smallest absolute Gasteiger partial charge is 0.263 e. The van der Waals surface area contributed by atoms with Gasteiger partial charge in [-0.3, -0.25) is 10.0 Å². The maximum Gasteiger partial charge on any atom is 0.263 e. The summed E-state index contributed by atoms with van der Waals surface area (Å²) in [6, 6.07) is 10.1. The van der Waals surface area contributed by atoms with Crippen molar-refractivity contribution in [3.8, 4) is 11.5 Å². The minimum Gasteiger partial charge on any atom is -0.455 e. The lowest BCUT2D eigenvalue weighted by Gasteiger charge is -2.20. The first-order valence-corrected chi connectivity index (χ1v) is 9.40. The molecule has 1 aliphatic heterocycles. The molecule has 132 valence electrons. The number of aliphatic hydroxyl groups is 1. The van der Waals surface area contributed by atoms with Crippen molar-refractivity contribution in [1.82, 2.24) is 10.2 Å². The van der Waals surface area contributed by atoms with Crippen molar-refractivity contribution in [1.29, 1.82) is 0 Å². The zero-order valence-electron chi connectivity index (χ0n) is 12.7. The zero-order valence-corrected chi connectivity index (χ0v) is 14.3. The third-order valence-electron chi connectivity index (χ3n) is 3.42. The van der Waals surface area contributed by atoms with E-state index in [2.05, 4.69) is 0 Å². The van der Waals surface area contributed by atoms with Crippen molar-refractivity contribution in [2.24, 2.45) is 0 Å². The van der Waals surface area contributed by atoms with Crippen LogP contribution in [0.2, 0.25) is 0 Å². The van der Waals surface area contributed by atoms with Crippen LogP contribution in [0.5, 0.6) is 11.5 Å². The van der Waals surface area contributed by atoms with Crippen LogP contribution in [-0.4, -0.2) is 37.3 Å². The second-order valence-corrected chi connectivity index (χ2v) is 7.89. The molecule has 0 aromatic heterocycles. The molecule has 0 saturated heterocycles. The second-order valence-electron chi connectivity index (χ2n) is 5.09. The lowest BCUT2D eigenvalue weighted by atomic mass is 10.3. The normalized spacial score (nSPS) is 14.0. The summed E-state index contributed by atoms with van der Waals surface area (Å²) in [6.07, 6.45) is 0. The van der Waals surface area contributed by atoms with Crippen molar-refractivity contribution in [2.45, 2.75) is 20.7 Å². The average Bonchev–Trinajstić information content (AvgIpc) is 2.63. The van der Waals surface area contributed by atoms with Crippen molar-refractivity contribution in [2.75, 3.05) is 6.61 Å². The number of rotatable bonds is 5. The van der Waals surface area contributed by atoms with Crippen molar-refractivity contribution in [3.05, 3.63) is 42.5 Å². The van der Waals surface area contributed by atoms with Gasteiger partial charge in [0, 0.05) is 0 Å². The molecule has 2 aromatic carbocycles. The molecule has 10 heteroatoms. The highest BCUT2D eigenvalue weighted by atomic mass is 32.2. The molecule has 25 heavy (non-hydrogen) atoms. The van der Waals surface area contributed by atoms with Crippen LogP contribution in [0, 0.1) is 0 Å². The van der Waals surface area contributed by atoms with Crippen LogP contribution in [0.4, 0.5) is 0 Å². The Kier molecular flexibility index (Phi) is 4.97. The lowest BCUT2D eigenvalue weighted by molar-refractivity contribution is -0.131. The Bertz CT molecular complexity index is 916. The van der Waals surface area contributed by atoms with Gasteiger partial charge >= 0.3 is 0 Å². The number of carbonyl (C=O) groups excluding carboxylic acids is 1. The van der Waals surface area contributed by atoms with Gasteiger partial charge < -0.3 is 9.84 Å². The number of amides is 1. The van der Waals surface area contributed by atoms with Gasteiger partial charge in [-0.25, -0.2) is 13.9 Å². The maximum absolute atomic E-state index is 12.4. The van der Waals surface area contributed by atoms with E-state index in [1.165, 1.54) is 35.4 Å². The number of para-hydroxylation sites is 1. The highest BCUT2D eigenvalue weighted by Gasteiger charge is 2.27. The molecule has 0 aliphatic carbocycles. The zero-order chi connectivity index (χ0) is 18.0. The molecule has 0 saturated carbocycles. The minimum atomic E-state index is -4.09. The molecule has 8 nitrogen and oxygen atoms in total. The first-order chi connectivity index (χ1) is 11.9. The molecule has 1 heterocycles. The quantitative estimate of drug-likeness (QED) is 0.384. The number of sulfonamides is 1. The third kappa shape index (κ3) is 3.62. The van der Waals surface area contributed by atoms with Crippen molar-refractivity contribution in [3.63, 3.8) is 0 Å². The molecule has 0 fully saturated rings. The highest BCUT2D eigenvalue weighted by molar-refractivity contribution is 7.99. The van der Waals surface area contributed by atoms with Crippen LogP contribution >= 0.6 is 11.8 Å². The van der Waals surface area contributed by atoms with Crippen LogP contribution in [0.3, 0.4) is 0 Å². The van der Waals surface area contributed by atoms with Gasteiger partial charge in [0.1, 0.15) is 17.5 Å². The predicted molar refractivity (Wildman–Crippen MR) is 88.2 cm³/mol. The van der Waals surface area contributed by atoms with E-state index in [4.69, 9.17) is 15.1 Å². The Balaban J connectivity index is 1.88. The number of aliphatic hydroxyl groups excluding tert-OH is 1. The summed E-state index contributed by atoms with van der Waals surface area (Å²) in [6.45, 7) is -0.804. The van der Waals surface area contributed by atoms with Crippen LogP contribution in [0.15, 0.2) is 57.2 Å². The fourth-order valence-corrected chi connectivity index (χ4v) is 4.46. The molecule has 3 rings (SSSR count). The second kappa shape index (κ2) is 7.02. The Morgan fingerprint density at radius 3 is 2.60 bits per heavy atom. The fourth-order valence-electron chi connectivity index (χ4n) is 2.18. The number of carbonyl (C=O) groups is 1. The fraction of sp³-hybridized carbons (Fsp3) is 0.133. The third-order valence-corrected chi connectivity index (χ3v) is 5.99. The molecule has 1 aliphatic rings. The molecule has 0 spiro atoms. The minimum absolute atomic E-state index is 0.0917. The van der Waals surface area contributed by atoms with Gasteiger partial charge in [0.05, 0.1) is 21.3 Å². The van der Waals surface area contributed by atoms with Crippen LogP contribution in [0.25, 0.3) is 0 Å². The summed E-state index contributed by atoms with van der Waals surface area (Å²) in [4.78, 5) is 12.7. The predicted octanol–water partition coefficient (Wildman–Crippen LogP) is 1.09. The van der Waals surface area contributed by atoms with Gasteiger partial charge in [-0.1, -0.05) is 23.9 Å². The van der Waals surface area contributed by atoms with Gasteiger partial charge in [0.2, 0.25) is 10.0 Å². The number of hydroxylamine groups is 1. The maximum atomic E-state index is 12.4. The summed E-state index contributed by atoms with van der Waals surface area (Å²) in [5.74, 6) is 0.152. The van der Waals surface area contributed by atoms with Gasteiger partial charge in [-0.2, -0.15) is 4.72 Å². The van der Waals surface area contributed by atoms with E-state index in [-0.39, 0.29) is 4.90 Å². The van der Waals surface area contributed by atoms with Gasteiger partial charge in [-0.15, -0.1) is 0 Å². The number of benzene rings is 2. The summed E-state index contributed by atoms with van der Waals surface area (Å²) in [7, 11) is -4.09. The monoisotopic (exact) mass is 382 g/mol. The molecule has 4 N–H and O–H groups in total. The summed E-state index contributed by atoms with van der Waals surface area (Å²) in [5, 5.41) is 17.7. The number of nitrogens with one attached hydrogen (secondary N) is 2. The molecule has 0 unspecified atom stereocenters. The SMILES string of the molecule is O=C(NO)[C@H](CO)NS(=O)(=O)c1ccc2c(c1)Sc1ccccc1O2. The molecular weight excluding hydrogens is 368 g/mol. The first kappa shape index (κ1) is 17.7. The molecule has 1 amide bonds. The largest absolute Gasteiger partial charge is 0.455 e. The lowest BCUT2D eigenvalue weighted by Crippen LogP contribution is -2.47. The van der Waals surface area contributed by atoms with E-state index in [1.807, 2.05) is 29.0 Å². The van der Waals surface area contributed by atoms with E-state index >= 15 is 0 Å². The van der Waals surface area contributed by atoms with E-state index in [9.17, 15) is 13.2 Å². The molecule has 0 bridgehead atoms. The Labute approximate surface area is 147 Å². The summed E-state index contributed by atoms with van der Waals surface area (Å²) >= 11 is 1.36. The number of hydrogen-bond donors (Lipinski definition) is 4. The van der Waals surface area contributed by atoms with Gasteiger partial charge in [0.15, 0.2) is 0 Å². The van der Waals surface area contributed by atoms with Gasteiger partial charge in [0.25, 0.3) is 5.91 Å². The van der Waals surface area contributed by atoms with Crippen LogP contribution < -0.4 is 14.9 Å². The summed E-state index contributed by atoms with van der Waals surface area (Å²) < 4.78 is 32.6. The number of fused-ring (bicyclic) bond motifs is 2. The Hall–Kier alpha value is -2.11. The van der Waals surface area contributed by atoms with Gasteiger partial charge in [-0.05, 0) is 30.3 Å². The average molecular weight is 382 g/mol. The van der Waals surface area contributed by atoms with Crippen molar-refractivity contribution >= 4 is 27.7 Å². The summed E-state index contributed by atoms with van der Waals surface area (Å²) in [5.41, 5.74) is 1.30. The highest BCUT2D eigenvalue weighted by Crippen LogP contribution is 2.47. The topological polar surface area (TPSA) is 125 Å². The van der Waals surface area contributed by atoms with E-state index in [0.29, 0.717) is 16.4 Å². The Morgan fingerprint density at radius 1 is 1.16 bits per heavy atom. The molecule has 1 atom stereocenters. The molecular formula is C15H14N2O6S2.